The van der Waals surface area contributed by atoms with Crippen molar-refractivity contribution < 1.29 is 9.53 Å². The molecule has 0 unspecified atom stereocenters. The highest BCUT2D eigenvalue weighted by Gasteiger charge is 2.25. The van der Waals surface area contributed by atoms with E-state index in [0.717, 1.165) is 0 Å². The van der Waals surface area contributed by atoms with E-state index >= 15 is 0 Å². The Kier molecular flexibility index (Phi) is 5.72. The van der Waals surface area contributed by atoms with Gasteiger partial charge in [-0.3, -0.25) is 4.79 Å². The van der Waals surface area contributed by atoms with Crippen LogP contribution in [0.4, 0.5) is 0 Å². The van der Waals surface area contributed by atoms with Crippen molar-refractivity contribution in [3.05, 3.63) is 29.3 Å². The topological polar surface area (TPSA) is 38.3 Å². The molecule has 0 saturated carbocycles. The number of hydrogen-bond donors (Lipinski definition) is 1. The Balaban J connectivity index is 2.52. The number of nitrogens with one attached hydrogen (secondary N) is 1. The van der Waals surface area contributed by atoms with Gasteiger partial charge < -0.3 is 10.1 Å². The average molecular weight is 280 g/mol. The highest BCUT2D eigenvalue weighted by molar-refractivity contribution is 6.30. The van der Waals surface area contributed by atoms with Gasteiger partial charge in [0.15, 0.2) is 6.61 Å². The maximum absolute atomic E-state index is 11.8. The van der Waals surface area contributed by atoms with Crippen molar-refractivity contribution in [3.63, 3.8) is 0 Å². The fourth-order valence-corrected chi connectivity index (χ4v) is 1.78. The summed E-state index contributed by atoms with van der Waals surface area (Å²) in [6.45, 7) is 3.83. The molecule has 1 N–H and O–H groups in total. The lowest BCUT2D eigenvalue weighted by Crippen LogP contribution is -2.48. The summed E-state index contributed by atoms with van der Waals surface area (Å²) in [7, 11) is 0. The molecule has 0 heterocycles. The summed E-state index contributed by atoms with van der Waals surface area (Å²) in [5.41, 5.74) is -0.583. The van der Waals surface area contributed by atoms with Crippen LogP contribution < -0.4 is 10.1 Å². The third-order valence-corrected chi connectivity index (χ3v) is 3.30. The second kappa shape index (κ2) is 7.06. The predicted octanol–water partition coefficient (Wildman–Crippen LogP) is 3.03. The van der Waals surface area contributed by atoms with E-state index in [4.69, 9.17) is 22.8 Å². The second-order valence-corrected chi connectivity index (χ2v) is 4.66. The van der Waals surface area contributed by atoms with E-state index in [9.17, 15) is 4.79 Å². The Morgan fingerprint density at radius 1 is 1.37 bits per heavy atom. The zero-order valence-electron chi connectivity index (χ0n) is 11.2. The number of carbonyl (C=O) groups excluding carboxylic acids is 1. The van der Waals surface area contributed by atoms with E-state index in [1.54, 1.807) is 24.3 Å². The van der Waals surface area contributed by atoms with Crippen molar-refractivity contribution in [1.29, 1.82) is 0 Å². The standard InChI is InChI=1S/C15H18ClNO2/c1-4-15(5-2,6-3)17-14(18)11-19-13-9-7-12(16)8-10-13/h1,7-10H,5-6,11H2,2-3H3,(H,17,18). The van der Waals surface area contributed by atoms with Gasteiger partial charge in [-0.15, -0.1) is 6.42 Å². The Morgan fingerprint density at radius 3 is 2.42 bits per heavy atom. The van der Waals surface area contributed by atoms with Gasteiger partial charge >= 0.3 is 0 Å². The molecule has 0 spiro atoms. The van der Waals surface area contributed by atoms with Crippen molar-refractivity contribution in [2.45, 2.75) is 32.2 Å². The van der Waals surface area contributed by atoms with E-state index in [1.165, 1.54) is 0 Å². The molecule has 0 fully saturated rings. The minimum atomic E-state index is -0.583. The monoisotopic (exact) mass is 279 g/mol. The first-order valence-corrected chi connectivity index (χ1v) is 6.60. The van der Waals surface area contributed by atoms with Crippen molar-refractivity contribution >= 4 is 17.5 Å². The molecule has 102 valence electrons. The number of rotatable bonds is 6. The van der Waals surface area contributed by atoms with Gasteiger partial charge in [0.2, 0.25) is 0 Å². The number of terminal acetylenes is 1. The number of benzene rings is 1. The first-order valence-electron chi connectivity index (χ1n) is 6.22. The molecule has 0 radical (unpaired) electrons. The van der Waals surface area contributed by atoms with E-state index < -0.39 is 5.54 Å². The van der Waals surface area contributed by atoms with Crippen molar-refractivity contribution in [2.75, 3.05) is 6.61 Å². The minimum Gasteiger partial charge on any atom is -0.484 e. The normalized spacial score (nSPS) is 10.6. The zero-order valence-corrected chi connectivity index (χ0v) is 12.0. The lowest BCUT2D eigenvalue weighted by molar-refractivity contribution is -0.124. The average Bonchev–Trinajstić information content (AvgIpc) is 2.44. The lowest BCUT2D eigenvalue weighted by Gasteiger charge is -2.26. The van der Waals surface area contributed by atoms with E-state index in [-0.39, 0.29) is 12.5 Å². The van der Waals surface area contributed by atoms with Crippen LogP contribution in [0.25, 0.3) is 0 Å². The number of hydrogen-bond acceptors (Lipinski definition) is 2. The van der Waals surface area contributed by atoms with Crippen LogP contribution in [0.5, 0.6) is 5.75 Å². The van der Waals surface area contributed by atoms with Gasteiger partial charge in [0.25, 0.3) is 5.91 Å². The highest BCUT2D eigenvalue weighted by Crippen LogP contribution is 2.16. The molecule has 0 saturated heterocycles. The first kappa shape index (κ1) is 15.4. The summed E-state index contributed by atoms with van der Waals surface area (Å²) in [5, 5.41) is 3.46. The fourth-order valence-electron chi connectivity index (χ4n) is 1.65. The Hall–Kier alpha value is -1.66. The molecule has 0 aromatic heterocycles. The molecule has 19 heavy (non-hydrogen) atoms. The predicted molar refractivity (Wildman–Crippen MR) is 77.2 cm³/mol. The third kappa shape index (κ3) is 4.50. The molecular formula is C15H18ClNO2. The number of amides is 1. The van der Waals surface area contributed by atoms with Crippen molar-refractivity contribution in [3.8, 4) is 18.1 Å². The van der Waals surface area contributed by atoms with E-state index in [0.29, 0.717) is 23.6 Å². The van der Waals surface area contributed by atoms with Gasteiger partial charge in [-0.2, -0.15) is 0 Å². The number of halogens is 1. The third-order valence-electron chi connectivity index (χ3n) is 3.05. The van der Waals surface area contributed by atoms with Gasteiger partial charge in [0.05, 0.1) is 0 Å². The summed E-state index contributed by atoms with van der Waals surface area (Å²) in [4.78, 5) is 11.8. The van der Waals surface area contributed by atoms with Crippen LogP contribution in [-0.2, 0) is 4.79 Å². The maximum Gasteiger partial charge on any atom is 0.259 e. The number of carbonyl (C=O) groups is 1. The Morgan fingerprint density at radius 2 is 1.95 bits per heavy atom. The van der Waals surface area contributed by atoms with Crippen molar-refractivity contribution in [2.24, 2.45) is 0 Å². The number of ether oxygens (including phenoxy) is 1. The molecular weight excluding hydrogens is 262 g/mol. The maximum atomic E-state index is 11.8. The fraction of sp³-hybridized carbons (Fsp3) is 0.400. The molecule has 0 bridgehead atoms. The minimum absolute atomic E-state index is 0.0644. The molecule has 4 heteroatoms. The van der Waals surface area contributed by atoms with Crippen LogP contribution in [0.3, 0.4) is 0 Å². The van der Waals surface area contributed by atoms with Crippen LogP contribution in [0, 0.1) is 12.3 Å². The van der Waals surface area contributed by atoms with Crippen LogP contribution in [0.2, 0.25) is 5.02 Å². The van der Waals surface area contributed by atoms with Crippen LogP contribution in [0.15, 0.2) is 24.3 Å². The molecule has 0 aliphatic heterocycles. The lowest BCUT2D eigenvalue weighted by atomic mass is 9.94. The Bertz CT molecular complexity index is 458. The van der Waals surface area contributed by atoms with E-state index in [2.05, 4.69) is 11.2 Å². The van der Waals surface area contributed by atoms with Crippen molar-refractivity contribution in [1.82, 2.24) is 5.32 Å². The van der Waals surface area contributed by atoms with Crippen LogP contribution in [0.1, 0.15) is 26.7 Å². The quantitative estimate of drug-likeness (QED) is 0.813. The van der Waals surface area contributed by atoms with E-state index in [1.807, 2.05) is 13.8 Å². The van der Waals surface area contributed by atoms with Gasteiger partial charge in [-0.05, 0) is 37.1 Å². The molecule has 0 aliphatic rings. The largest absolute Gasteiger partial charge is 0.484 e. The summed E-state index contributed by atoms with van der Waals surface area (Å²) < 4.78 is 5.36. The molecule has 0 aliphatic carbocycles. The van der Waals surface area contributed by atoms with Gasteiger partial charge in [-0.25, -0.2) is 0 Å². The zero-order chi connectivity index (χ0) is 14.3. The smallest absolute Gasteiger partial charge is 0.259 e. The first-order chi connectivity index (χ1) is 9.05. The Labute approximate surface area is 119 Å². The van der Waals surface area contributed by atoms with Gasteiger partial charge in [0.1, 0.15) is 11.3 Å². The summed E-state index contributed by atoms with van der Waals surface area (Å²) in [6.07, 6.45) is 6.86. The van der Waals surface area contributed by atoms with Crippen LogP contribution in [-0.4, -0.2) is 18.1 Å². The summed E-state index contributed by atoms with van der Waals surface area (Å²) in [6, 6.07) is 6.84. The molecule has 0 atom stereocenters. The molecule has 1 aromatic carbocycles. The second-order valence-electron chi connectivity index (χ2n) is 4.22. The van der Waals surface area contributed by atoms with Crippen LogP contribution >= 0.6 is 11.6 Å². The summed E-state index contributed by atoms with van der Waals surface area (Å²) in [5.74, 6) is 3.02. The molecule has 3 nitrogen and oxygen atoms in total. The molecule has 1 aromatic rings. The highest BCUT2D eigenvalue weighted by atomic mass is 35.5. The van der Waals surface area contributed by atoms with Gasteiger partial charge in [-0.1, -0.05) is 31.4 Å². The van der Waals surface area contributed by atoms with Gasteiger partial charge in [0, 0.05) is 5.02 Å². The SMILES string of the molecule is C#CC(CC)(CC)NC(=O)COc1ccc(Cl)cc1. The molecule has 1 amide bonds. The summed E-state index contributed by atoms with van der Waals surface area (Å²) >= 11 is 5.76. The molecule has 1 rings (SSSR count).